The Morgan fingerprint density at radius 1 is 1.03 bits per heavy atom. The Morgan fingerprint density at radius 3 is 2.50 bits per heavy atom. The monoisotopic (exact) mass is 490 g/mol. The number of anilines is 4. The molecule has 1 aliphatic carbocycles. The van der Waals surface area contributed by atoms with Gasteiger partial charge in [0.05, 0.1) is 17.4 Å². The van der Waals surface area contributed by atoms with E-state index in [1.165, 1.54) is 19.3 Å². The summed E-state index contributed by atoms with van der Waals surface area (Å²) in [4.78, 5) is 34.2. The van der Waals surface area contributed by atoms with E-state index in [9.17, 15) is 4.79 Å². The predicted octanol–water partition coefficient (Wildman–Crippen LogP) is 3.10. The van der Waals surface area contributed by atoms with E-state index in [4.69, 9.17) is 4.98 Å². The van der Waals surface area contributed by atoms with Crippen molar-refractivity contribution in [1.82, 2.24) is 25.2 Å². The normalized spacial score (nSPS) is 23.9. The first-order valence-electron chi connectivity index (χ1n) is 13.5. The maximum Gasteiger partial charge on any atom is 0.243 e. The van der Waals surface area contributed by atoms with Crippen LogP contribution in [0.2, 0.25) is 0 Å². The Balaban J connectivity index is 1.17. The minimum Gasteiger partial charge on any atom is -0.368 e. The number of hydrogen-bond donors (Lipinski definition) is 2. The predicted molar refractivity (Wildman–Crippen MR) is 142 cm³/mol. The number of hydrogen-bond acceptors (Lipinski definition) is 8. The summed E-state index contributed by atoms with van der Waals surface area (Å²) in [7, 11) is 0. The molecular formula is C27H38N8O. The Morgan fingerprint density at radius 2 is 1.81 bits per heavy atom. The van der Waals surface area contributed by atoms with Gasteiger partial charge < -0.3 is 20.4 Å². The summed E-state index contributed by atoms with van der Waals surface area (Å²) < 4.78 is 0. The van der Waals surface area contributed by atoms with E-state index in [-0.39, 0.29) is 23.0 Å². The Bertz CT molecular complexity index is 1110. The van der Waals surface area contributed by atoms with Crippen LogP contribution in [0.1, 0.15) is 58.4 Å². The summed E-state index contributed by atoms with van der Waals surface area (Å²) in [6.45, 7) is 11.7. The first-order valence-corrected chi connectivity index (χ1v) is 13.5. The molecule has 4 aliphatic rings. The van der Waals surface area contributed by atoms with Gasteiger partial charge in [-0.3, -0.25) is 9.69 Å². The highest BCUT2D eigenvalue weighted by Gasteiger charge is 2.51. The van der Waals surface area contributed by atoms with E-state index in [0.717, 1.165) is 61.9 Å². The maximum atomic E-state index is 12.7. The number of nitrogens with zero attached hydrogens (tertiary/aromatic N) is 6. The molecule has 1 saturated carbocycles. The highest BCUT2D eigenvalue weighted by molar-refractivity contribution is 5.90. The van der Waals surface area contributed by atoms with Gasteiger partial charge in [-0.15, -0.1) is 0 Å². The zero-order chi connectivity index (χ0) is 24.9. The lowest BCUT2D eigenvalue weighted by atomic mass is 9.78. The van der Waals surface area contributed by atoms with E-state index in [1.807, 2.05) is 18.5 Å². The SMILES string of the molecule is CC(C)(C)N1CCN(c2ccc(Nc3ncc4c(n3)N3C(C4)C(=O)NCC34CCCCC4)nc2)CC1. The number of aromatic nitrogens is 3. The van der Waals surface area contributed by atoms with Gasteiger partial charge in [0.15, 0.2) is 0 Å². The Hall–Kier alpha value is -2.94. The minimum absolute atomic E-state index is 0.0232. The Kier molecular flexibility index (Phi) is 5.78. The van der Waals surface area contributed by atoms with Crippen LogP contribution in [0.15, 0.2) is 24.5 Å². The van der Waals surface area contributed by atoms with Gasteiger partial charge in [0.1, 0.15) is 17.7 Å². The molecule has 9 nitrogen and oxygen atoms in total. The molecule has 2 aromatic rings. The van der Waals surface area contributed by atoms with Crippen molar-refractivity contribution in [1.29, 1.82) is 0 Å². The lowest BCUT2D eigenvalue weighted by Crippen LogP contribution is -2.67. The van der Waals surface area contributed by atoms with Gasteiger partial charge in [0.2, 0.25) is 11.9 Å². The van der Waals surface area contributed by atoms with Gasteiger partial charge in [0, 0.05) is 56.4 Å². The molecule has 1 atom stereocenters. The van der Waals surface area contributed by atoms with Gasteiger partial charge in [-0.1, -0.05) is 19.3 Å². The van der Waals surface area contributed by atoms with Crippen molar-refractivity contribution in [3.8, 4) is 0 Å². The number of piperazine rings is 2. The van der Waals surface area contributed by atoms with E-state index in [2.05, 4.69) is 62.1 Å². The summed E-state index contributed by atoms with van der Waals surface area (Å²) in [6, 6.07) is 3.95. The number of carbonyl (C=O) groups is 1. The third-order valence-electron chi connectivity index (χ3n) is 8.57. The van der Waals surface area contributed by atoms with Gasteiger partial charge in [-0.2, -0.15) is 4.98 Å². The van der Waals surface area contributed by atoms with Gasteiger partial charge in [0.25, 0.3) is 0 Å². The quantitative estimate of drug-likeness (QED) is 0.679. The minimum atomic E-state index is -0.174. The molecule has 2 aromatic heterocycles. The smallest absolute Gasteiger partial charge is 0.243 e. The molecule has 36 heavy (non-hydrogen) atoms. The average molecular weight is 491 g/mol. The first kappa shape index (κ1) is 23.5. The molecule has 2 saturated heterocycles. The average Bonchev–Trinajstić information content (AvgIpc) is 3.28. The van der Waals surface area contributed by atoms with Crippen molar-refractivity contribution in [2.24, 2.45) is 0 Å². The molecule has 2 N–H and O–H groups in total. The number of nitrogens with one attached hydrogen (secondary N) is 2. The third kappa shape index (κ3) is 4.17. The topological polar surface area (TPSA) is 89.5 Å². The third-order valence-corrected chi connectivity index (χ3v) is 8.57. The second-order valence-electron chi connectivity index (χ2n) is 11.8. The van der Waals surface area contributed by atoms with Crippen LogP contribution in [0.25, 0.3) is 0 Å². The molecule has 0 bridgehead atoms. The molecule has 5 heterocycles. The molecule has 1 unspecified atom stereocenters. The van der Waals surface area contributed by atoms with Crippen LogP contribution >= 0.6 is 0 Å². The molecule has 1 spiro atoms. The Labute approximate surface area is 213 Å². The van der Waals surface area contributed by atoms with Crippen LogP contribution < -0.4 is 20.4 Å². The summed E-state index contributed by atoms with van der Waals surface area (Å²) >= 11 is 0. The molecule has 3 aliphatic heterocycles. The number of pyridine rings is 1. The van der Waals surface area contributed by atoms with E-state index < -0.39 is 0 Å². The van der Waals surface area contributed by atoms with Crippen molar-refractivity contribution in [3.05, 3.63) is 30.1 Å². The zero-order valence-electron chi connectivity index (χ0n) is 21.8. The molecule has 192 valence electrons. The number of carbonyl (C=O) groups excluding carboxylic acids is 1. The zero-order valence-corrected chi connectivity index (χ0v) is 21.8. The van der Waals surface area contributed by atoms with Gasteiger partial charge in [-0.05, 0) is 45.7 Å². The number of rotatable bonds is 3. The first-order chi connectivity index (χ1) is 17.3. The van der Waals surface area contributed by atoms with E-state index in [0.29, 0.717) is 18.9 Å². The highest BCUT2D eigenvalue weighted by Crippen LogP contribution is 2.44. The van der Waals surface area contributed by atoms with Gasteiger partial charge >= 0.3 is 0 Å². The lowest BCUT2D eigenvalue weighted by Gasteiger charge is -2.51. The van der Waals surface area contributed by atoms with Crippen molar-refractivity contribution in [3.63, 3.8) is 0 Å². The van der Waals surface area contributed by atoms with Gasteiger partial charge in [-0.25, -0.2) is 9.97 Å². The number of amides is 1. The van der Waals surface area contributed by atoms with Crippen LogP contribution in [-0.4, -0.2) is 75.6 Å². The second kappa shape index (κ2) is 8.87. The standard InChI is InChI=1S/C27H38N8O/c1-26(2,3)34-13-11-33(12-14-34)20-7-8-22(28-17-20)31-25-29-16-19-15-21-24(36)30-18-27(9-5-4-6-10-27)35(21)23(19)32-25/h7-8,16-17,21H,4-6,9-15,18H2,1-3H3,(H,30,36)(H,28,29,31,32). The molecular weight excluding hydrogens is 452 g/mol. The van der Waals surface area contributed by atoms with Crippen LogP contribution in [0.4, 0.5) is 23.3 Å². The van der Waals surface area contributed by atoms with Crippen LogP contribution in [-0.2, 0) is 11.2 Å². The van der Waals surface area contributed by atoms with Crippen molar-refractivity contribution < 1.29 is 4.79 Å². The fourth-order valence-electron chi connectivity index (χ4n) is 6.50. The highest BCUT2D eigenvalue weighted by atomic mass is 16.2. The fraction of sp³-hybridized carbons (Fsp3) is 0.630. The second-order valence-corrected chi connectivity index (χ2v) is 11.8. The molecule has 9 heteroatoms. The van der Waals surface area contributed by atoms with E-state index in [1.54, 1.807) is 0 Å². The largest absolute Gasteiger partial charge is 0.368 e. The van der Waals surface area contributed by atoms with Crippen molar-refractivity contribution in [2.45, 2.75) is 76.4 Å². The fourth-order valence-corrected chi connectivity index (χ4v) is 6.50. The lowest BCUT2D eigenvalue weighted by molar-refractivity contribution is -0.124. The summed E-state index contributed by atoms with van der Waals surface area (Å²) in [5.41, 5.74) is 2.39. The number of fused-ring (bicyclic) bond motifs is 4. The van der Waals surface area contributed by atoms with Crippen molar-refractivity contribution in [2.75, 3.05) is 47.8 Å². The summed E-state index contributed by atoms with van der Waals surface area (Å²) in [5.74, 6) is 2.29. The molecule has 0 radical (unpaired) electrons. The molecule has 0 aromatic carbocycles. The van der Waals surface area contributed by atoms with Crippen LogP contribution in [0.3, 0.4) is 0 Å². The van der Waals surface area contributed by atoms with Crippen LogP contribution in [0, 0.1) is 0 Å². The summed E-state index contributed by atoms with van der Waals surface area (Å²) in [5, 5.41) is 6.49. The van der Waals surface area contributed by atoms with Crippen LogP contribution in [0.5, 0.6) is 0 Å². The maximum absolute atomic E-state index is 12.7. The molecule has 1 amide bonds. The summed E-state index contributed by atoms with van der Waals surface area (Å²) in [6.07, 6.45) is 10.4. The van der Waals surface area contributed by atoms with Crippen molar-refractivity contribution >= 4 is 29.2 Å². The van der Waals surface area contributed by atoms with E-state index >= 15 is 0 Å². The molecule has 6 rings (SSSR count). The molecule has 3 fully saturated rings.